The molecule has 1 aromatic carbocycles. The molecular formula is C11H12N2O4S. The second-order valence-electron chi connectivity index (χ2n) is 4.27. The van der Waals surface area contributed by atoms with Crippen molar-refractivity contribution in [1.29, 1.82) is 0 Å². The standard InChI is InChI=1S/C11H12N2O4S/c1-6(2)13-18(16,17)7-3-4-9-8(5-7)10(14)11(15)12-9/h3-6,13H,1-2H3,(H,12,14,15). The first-order valence-electron chi connectivity index (χ1n) is 5.33. The molecule has 0 atom stereocenters. The topological polar surface area (TPSA) is 92.3 Å². The van der Waals surface area contributed by atoms with Crippen LogP contribution >= 0.6 is 0 Å². The fourth-order valence-corrected chi connectivity index (χ4v) is 2.94. The molecule has 1 amide bonds. The molecule has 6 nitrogen and oxygen atoms in total. The van der Waals surface area contributed by atoms with E-state index in [1.165, 1.54) is 18.2 Å². The molecule has 0 bridgehead atoms. The molecule has 1 aromatic rings. The highest BCUT2D eigenvalue weighted by atomic mass is 32.2. The van der Waals surface area contributed by atoms with E-state index in [-0.39, 0.29) is 16.5 Å². The second kappa shape index (κ2) is 4.18. The van der Waals surface area contributed by atoms with Crippen molar-refractivity contribution in [1.82, 2.24) is 4.72 Å². The SMILES string of the molecule is CC(C)NS(=O)(=O)c1ccc2c(c1)C(=O)C(=O)N2. The molecule has 7 heteroatoms. The van der Waals surface area contributed by atoms with Gasteiger partial charge in [-0.1, -0.05) is 0 Å². The molecule has 1 aliphatic rings. The van der Waals surface area contributed by atoms with Gasteiger partial charge in [0.1, 0.15) is 0 Å². The molecule has 1 heterocycles. The number of hydrogen-bond donors (Lipinski definition) is 2. The Hall–Kier alpha value is -1.73. The summed E-state index contributed by atoms with van der Waals surface area (Å²) in [5.74, 6) is -1.46. The highest BCUT2D eigenvalue weighted by Gasteiger charge is 2.29. The number of sulfonamides is 1. The average molecular weight is 268 g/mol. The number of rotatable bonds is 3. The zero-order valence-electron chi connectivity index (χ0n) is 9.85. The fraction of sp³-hybridized carbons (Fsp3) is 0.273. The Labute approximate surface area is 104 Å². The van der Waals surface area contributed by atoms with Gasteiger partial charge >= 0.3 is 0 Å². The van der Waals surface area contributed by atoms with Crippen LogP contribution in [-0.2, 0) is 14.8 Å². The lowest BCUT2D eigenvalue weighted by atomic mass is 10.1. The Kier molecular flexibility index (Phi) is 2.95. The minimum Gasteiger partial charge on any atom is -0.318 e. The summed E-state index contributed by atoms with van der Waals surface area (Å²) < 4.78 is 26.2. The smallest absolute Gasteiger partial charge is 0.296 e. The van der Waals surface area contributed by atoms with E-state index in [2.05, 4.69) is 10.0 Å². The van der Waals surface area contributed by atoms with E-state index in [9.17, 15) is 18.0 Å². The van der Waals surface area contributed by atoms with E-state index < -0.39 is 21.7 Å². The summed E-state index contributed by atoms with van der Waals surface area (Å²) in [6, 6.07) is 3.72. The molecule has 18 heavy (non-hydrogen) atoms. The van der Waals surface area contributed by atoms with Crippen molar-refractivity contribution < 1.29 is 18.0 Å². The van der Waals surface area contributed by atoms with Crippen molar-refractivity contribution in [3.05, 3.63) is 23.8 Å². The van der Waals surface area contributed by atoms with Gasteiger partial charge in [-0.25, -0.2) is 13.1 Å². The summed E-state index contributed by atoms with van der Waals surface area (Å²) in [5, 5.41) is 2.36. The molecule has 96 valence electrons. The van der Waals surface area contributed by atoms with Crippen LogP contribution < -0.4 is 10.0 Å². The van der Waals surface area contributed by atoms with Crippen molar-refractivity contribution in [2.24, 2.45) is 0 Å². The number of amides is 1. The van der Waals surface area contributed by atoms with Crippen LogP contribution in [0.2, 0.25) is 0 Å². The highest BCUT2D eigenvalue weighted by molar-refractivity contribution is 7.89. The number of ketones is 1. The number of fused-ring (bicyclic) bond motifs is 1. The van der Waals surface area contributed by atoms with E-state index in [1.807, 2.05) is 0 Å². The van der Waals surface area contributed by atoms with Crippen LogP contribution in [0.5, 0.6) is 0 Å². The fourth-order valence-electron chi connectivity index (χ4n) is 1.67. The van der Waals surface area contributed by atoms with Gasteiger partial charge in [-0.2, -0.15) is 0 Å². The number of Topliss-reactive ketones (excluding diaryl/α,β-unsaturated/α-hetero) is 1. The van der Waals surface area contributed by atoms with Crippen LogP contribution in [0.15, 0.2) is 23.1 Å². The van der Waals surface area contributed by atoms with Crippen molar-refractivity contribution in [3.8, 4) is 0 Å². The van der Waals surface area contributed by atoms with Crippen molar-refractivity contribution in [2.45, 2.75) is 24.8 Å². The lowest BCUT2D eigenvalue weighted by molar-refractivity contribution is -0.112. The summed E-state index contributed by atoms with van der Waals surface area (Å²) in [6.07, 6.45) is 0. The van der Waals surface area contributed by atoms with E-state index >= 15 is 0 Å². The van der Waals surface area contributed by atoms with Gasteiger partial charge in [0.05, 0.1) is 16.1 Å². The molecule has 2 N–H and O–H groups in total. The molecule has 0 saturated carbocycles. The van der Waals surface area contributed by atoms with Crippen LogP contribution in [-0.4, -0.2) is 26.2 Å². The summed E-state index contributed by atoms with van der Waals surface area (Å²) in [5.41, 5.74) is 0.431. The van der Waals surface area contributed by atoms with Crippen molar-refractivity contribution >= 4 is 27.4 Å². The maximum absolute atomic E-state index is 11.9. The Morgan fingerprint density at radius 3 is 2.50 bits per heavy atom. The molecule has 0 radical (unpaired) electrons. The minimum atomic E-state index is -3.66. The van der Waals surface area contributed by atoms with E-state index in [1.54, 1.807) is 13.8 Å². The van der Waals surface area contributed by atoms with Gasteiger partial charge in [0.15, 0.2) is 0 Å². The molecule has 0 spiro atoms. The van der Waals surface area contributed by atoms with Crippen molar-refractivity contribution in [2.75, 3.05) is 5.32 Å². The molecule has 0 aromatic heterocycles. The molecule has 0 saturated heterocycles. The quantitative estimate of drug-likeness (QED) is 0.781. The maximum Gasteiger partial charge on any atom is 0.296 e. The molecule has 0 aliphatic carbocycles. The van der Waals surface area contributed by atoms with Crippen LogP contribution in [0.4, 0.5) is 5.69 Å². The van der Waals surface area contributed by atoms with Crippen LogP contribution in [0.3, 0.4) is 0 Å². The summed E-state index contributed by atoms with van der Waals surface area (Å²) in [6.45, 7) is 3.39. The van der Waals surface area contributed by atoms with Gasteiger partial charge in [0.25, 0.3) is 11.7 Å². The molecule has 0 unspecified atom stereocenters. The van der Waals surface area contributed by atoms with Gasteiger partial charge in [0, 0.05) is 6.04 Å². The predicted molar refractivity (Wildman–Crippen MR) is 64.9 cm³/mol. The molecular weight excluding hydrogens is 256 g/mol. The Bertz CT molecular complexity index is 634. The van der Waals surface area contributed by atoms with Gasteiger partial charge in [0.2, 0.25) is 10.0 Å². The number of carbonyl (C=O) groups excluding carboxylic acids is 2. The monoisotopic (exact) mass is 268 g/mol. The van der Waals surface area contributed by atoms with Gasteiger partial charge < -0.3 is 5.32 Å². The van der Waals surface area contributed by atoms with E-state index in [0.29, 0.717) is 5.69 Å². The lowest BCUT2D eigenvalue weighted by Crippen LogP contribution is -2.30. The van der Waals surface area contributed by atoms with Crippen molar-refractivity contribution in [3.63, 3.8) is 0 Å². The highest BCUT2D eigenvalue weighted by Crippen LogP contribution is 2.25. The minimum absolute atomic E-state index is 0.0280. The zero-order valence-corrected chi connectivity index (χ0v) is 10.7. The average Bonchev–Trinajstić information content (AvgIpc) is 2.53. The normalized spacial score (nSPS) is 14.8. The molecule has 0 fully saturated rings. The predicted octanol–water partition coefficient (Wildman–Crippen LogP) is 0.508. The summed E-state index contributed by atoms with van der Waals surface area (Å²) in [7, 11) is -3.66. The number of carbonyl (C=O) groups is 2. The second-order valence-corrected chi connectivity index (χ2v) is 5.98. The first-order valence-corrected chi connectivity index (χ1v) is 6.81. The zero-order chi connectivity index (χ0) is 13.5. The maximum atomic E-state index is 11.9. The van der Waals surface area contributed by atoms with Gasteiger partial charge in [-0.15, -0.1) is 0 Å². The Morgan fingerprint density at radius 2 is 1.89 bits per heavy atom. The van der Waals surface area contributed by atoms with Gasteiger partial charge in [-0.3, -0.25) is 9.59 Å². The third-order valence-electron chi connectivity index (χ3n) is 2.39. The van der Waals surface area contributed by atoms with Crippen LogP contribution in [0.25, 0.3) is 0 Å². The van der Waals surface area contributed by atoms with Crippen LogP contribution in [0, 0.1) is 0 Å². The van der Waals surface area contributed by atoms with Gasteiger partial charge in [-0.05, 0) is 32.0 Å². The van der Waals surface area contributed by atoms with E-state index in [4.69, 9.17) is 0 Å². The first-order chi connectivity index (χ1) is 8.31. The summed E-state index contributed by atoms with van der Waals surface area (Å²) >= 11 is 0. The first kappa shape index (κ1) is 12.7. The number of nitrogens with one attached hydrogen (secondary N) is 2. The number of benzene rings is 1. The molecule has 2 rings (SSSR count). The third kappa shape index (κ3) is 2.14. The lowest BCUT2D eigenvalue weighted by Gasteiger charge is -2.10. The van der Waals surface area contributed by atoms with Crippen LogP contribution in [0.1, 0.15) is 24.2 Å². The van der Waals surface area contributed by atoms with E-state index in [0.717, 1.165) is 0 Å². The summed E-state index contributed by atoms with van der Waals surface area (Å²) in [4.78, 5) is 22.6. The Morgan fingerprint density at radius 1 is 1.22 bits per heavy atom. The largest absolute Gasteiger partial charge is 0.318 e. The number of hydrogen-bond acceptors (Lipinski definition) is 4. The third-order valence-corrected chi connectivity index (χ3v) is 4.05. The molecule has 1 aliphatic heterocycles. The number of anilines is 1. The Balaban J connectivity index is 2.45.